The van der Waals surface area contributed by atoms with Crippen molar-refractivity contribution in [1.82, 2.24) is 5.06 Å². The SMILES string of the molecule is CON(C)C(=O)C1(c2cccc(C(F)(F)F)c2)CC1. The van der Waals surface area contributed by atoms with E-state index in [0.29, 0.717) is 18.4 Å². The van der Waals surface area contributed by atoms with Crippen molar-refractivity contribution < 1.29 is 22.8 Å². The molecule has 0 unspecified atom stereocenters. The minimum atomic E-state index is -4.40. The van der Waals surface area contributed by atoms with Gasteiger partial charge in [-0.25, -0.2) is 5.06 Å². The lowest BCUT2D eigenvalue weighted by molar-refractivity contribution is -0.171. The van der Waals surface area contributed by atoms with Crippen LogP contribution in [0.15, 0.2) is 24.3 Å². The van der Waals surface area contributed by atoms with Crippen molar-refractivity contribution in [3.8, 4) is 0 Å². The van der Waals surface area contributed by atoms with Crippen LogP contribution in [0.25, 0.3) is 0 Å². The standard InChI is InChI=1S/C13H14F3NO2/c1-17(19-2)11(18)12(6-7-12)9-4-3-5-10(8-9)13(14,15)16/h3-5,8H,6-7H2,1-2H3. The number of hydroxylamine groups is 2. The zero-order valence-corrected chi connectivity index (χ0v) is 10.6. The Morgan fingerprint density at radius 3 is 2.47 bits per heavy atom. The number of nitrogens with zero attached hydrogens (tertiary/aromatic N) is 1. The molecule has 1 fully saturated rings. The predicted octanol–water partition coefficient (Wildman–Crippen LogP) is 2.76. The lowest BCUT2D eigenvalue weighted by Crippen LogP contribution is -2.35. The molecule has 0 heterocycles. The molecule has 0 aromatic heterocycles. The van der Waals surface area contributed by atoms with Crippen LogP contribution in [0.3, 0.4) is 0 Å². The van der Waals surface area contributed by atoms with Crippen LogP contribution in [0.4, 0.5) is 13.2 Å². The molecule has 0 radical (unpaired) electrons. The number of likely N-dealkylation sites (N-methyl/N-ethyl adjacent to an activating group) is 1. The summed E-state index contributed by atoms with van der Waals surface area (Å²) in [6.07, 6.45) is -3.32. The van der Waals surface area contributed by atoms with Gasteiger partial charge in [0.1, 0.15) is 0 Å². The molecule has 1 aromatic carbocycles. The van der Waals surface area contributed by atoms with Gasteiger partial charge in [0.05, 0.1) is 18.1 Å². The molecular formula is C13H14F3NO2. The van der Waals surface area contributed by atoms with E-state index in [4.69, 9.17) is 4.84 Å². The summed E-state index contributed by atoms with van der Waals surface area (Å²) >= 11 is 0. The van der Waals surface area contributed by atoms with Gasteiger partial charge in [0.15, 0.2) is 0 Å². The highest BCUT2D eigenvalue weighted by molar-refractivity contribution is 5.90. The first kappa shape index (κ1) is 13.9. The molecule has 0 N–H and O–H groups in total. The zero-order chi connectivity index (χ0) is 14.3. The largest absolute Gasteiger partial charge is 0.416 e. The number of amides is 1. The highest BCUT2D eigenvalue weighted by Crippen LogP contribution is 2.50. The summed E-state index contributed by atoms with van der Waals surface area (Å²) in [7, 11) is 2.80. The minimum Gasteiger partial charge on any atom is -0.275 e. The minimum absolute atomic E-state index is 0.311. The van der Waals surface area contributed by atoms with Crippen molar-refractivity contribution in [2.24, 2.45) is 0 Å². The van der Waals surface area contributed by atoms with E-state index in [9.17, 15) is 18.0 Å². The van der Waals surface area contributed by atoms with Crippen LogP contribution < -0.4 is 0 Å². The van der Waals surface area contributed by atoms with Crippen LogP contribution >= 0.6 is 0 Å². The molecule has 104 valence electrons. The molecule has 19 heavy (non-hydrogen) atoms. The summed E-state index contributed by atoms with van der Waals surface area (Å²) in [5, 5.41) is 1.06. The predicted molar refractivity (Wildman–Crippen MR) is 62.1 cm³/mol. The van der Waals surface area contributed by atoms with Gasteiger partial charge in [0.25, 0.3) is 5.91 Å². The molecule has 0 spiro atoms. The monoisotopic (exact) mass is 273 g/mol. The summed E-state index contributed by atoms with van der Waals surface area (Å²) in [6, 6.07) is 4.94. The van der Waals surface area contributed by atoms with Gasteiger partial charge in [-0.2, -0.15) is 13.2 Å². The maximum absolute atomic E-state index is 12.7. The first-order chi connectivity index (χ1) is 8.81. The number of hydrogen-bond donors (Lipinski definition) is 0. The maximum atomic E-state index is 12.7. The van der Waals surface area contributed by atoms with Crippen LogP contribution in [0, 0.1) is 0 Å². The highest BCUT2D eigenvalue weighted by atomic mass is 19.4. The molecular weight excluding hydrogens is 259 g/mol. The summed E-state index contributed by atoms with van der Waals surface area (Å²) in [6.45, 7) is 0. The topological polar surface area (TPSA) is 29.5 Å². The number of rotatable bonds is 3. The quantitative estimate of drug-likeness (QED) is 0.792. The first-order valence-corrected chi connectivity index (χ1v) is 5.81. The number of carbonyl (C=O) groups excluding carboxylic acids is 1. The number of halogens is 3. The van der Waals surface area contributed by atoms with Crippen molar-refractivity contribution in [2.75, 3.05) is 14.2 Å². The Bertz CT molecular complexity index is 495. The Balaban J connectivity index is 2.35. The fraction of sp³-hybridized carbons (Fsp3) is 0.462. The van der Waals surface area contributed by atoms with Crippen molar-refractivity contribution in [1.29, 1.82) is 0 Å². The molecule has 1 aromatic rings. The van der Waals surface area contributed by atoms with Gasteiger partial charge in [0.2, 0.25) is 0 Å². The van der Waals surface area contributed by atoms with E-state index in [1.807, 2.05) is 0 Å². The number of alkyl halides is 3. The van der Waals surface area contributed by atoms with E-state index in [1.165, 1.54) is 20.2 Å². The van der Waals surface area contributed by atoms with Crippen LogP contribution in [0.5, 0.6) is 0 Å². The van der Waals surface area contributed by atoms with Gasteiger partial charge in [-0.05, 0) is 24.5 Å². The summed E-state index contributed by atoms with van der Waals surface area (Å²) in [5.41, 5.74) is -1.19. The molecule has 1 aliphatic rings. The zero-order valence-electron chi connectivity index (χ0n) is 10.6. The average molecular weight is 273 g/mol. The molecule has 6 heteroatoms. The second kappa shape index (κ2) is 4.52. The Labute approximate surface area is 108 Å². The summed E-state index contributed by atoms with van der Waals surface area (Å²) in [4.78, 5) is 17.0. The van der Waals surface area contributed by atoms with Crippen LogP contribution in [-0.4, -0.2) is 25.1 Å². The molecule has 0 saturated heterocycles. The first-order valence-electron chi connectivity index (χ1n) is 5.81. The highest BCUT2D eigenvalue weighted by Gasteiger charge is 2.53. The van der Waals surface area contributed by atoms with Crippen molar-refractivity contribution in [3.63, 3.8) is 0 Å². The summed E-state index contributed by atoms with van der Waals surface area (Å²) in [5.74, 6) is -0.311. The molecule has 3 nitrogen and oxygen atoms in total. The van der Waals surface area contributed by atoms with E-state index in [-0.39, 0.29) is 5.91 Å². The molecule has 1 aliphatic carbocycles. The fourth-order valence-electron chi connectivity index (χ4n) is 2.13. The van der Waals surface area contributed by atoms with Crippen LogP contribution in [0.2, 0.25) is 0 Å². The van der Waals surface area contributed by atoms with Gasteiger partial charge in [-0.15, -0.1) is 0 Å². The summed E-state index contributed by atoms with van der Waals surface area (Å²) < 4.78 is 38.0. The number of carbonyl (C=O) groups is 1. The second-order valence-electron chi connectivity index (χ2n) is 4.65. The third-order valence-electron chi connectivity index (χ3n) is 3.46. The Kier molecular flexibility index (Phi) is 3.30. The lowest BCUT2D eigenvalue weighted by Gasteiger charge is -2.22. The molecule has 1 saturated carbocycles. The van der Waals surface area contributed by atoms with Gasteiger partial charge in [-0.1, -0.05) is 18.2 Å². The Morgan fingerprint density at radius 2 is 2.00 bits per heavy atom. The van der Waals surface area contributed by atoms with Gasteiger partial charge in [-0.3, -0.25) is 9.63 Å². The maximum Gasteiger partial charge on any atom is 0.416 e. The number of hydrogen-bond acceptors (Lipinski definition) is 2. The van der Waals surface area contributed by atoms with Gasteiger partial charge < -0.3 is 0 Å². The lowest BCUT2D eigenvalue weighted by atomic mass is 9.93. The van der Waals surface area contributed by atoms with E-state index in [1.54, 1.807) is 6.07 Å². The van der Waals surface area contributed by atoms with Crippen molar-refractivity contribution in [3.05, 3.63) is 35.4 Å². The third kappa shape index (κ3) is 2.45. The Hall–Kier alpha value is -1.56. The molecule has 2 rings (SSSR count). The van der Waals surface area contributed by atoms with E-state index in [2.05, 4.69) is 0 Å². The van der Waals surface area contributed by atoms with Gasteiger partial charge >= 0.3 is 6.18 Å². The fourth-order valence-corrected chi connectivity index (χ4v) is 2.13. The molecule has 0 aliphatic heterocycles. The number of benzene rings is 1. The second-order valence-corrected chi connectivity index (χ2v) is 4.65. The van der Waals surface area contributed by atoms with Crippen LogP contribution in [-0.2, 0) is 21.2 Å². The van der Waals surface area contributed by atoms with E-state index in [0.717, 1.165) is 17.2 Å². The molecule has 1 amide bonds. The average Bonchev–Trinajstić information content (AvgIpc) is 3.17. The molecule has 0 bridgehead atoms. The normalized spacial score (nSPS) is 17.1. The Morgan fingerprint density at radius 1 is 1.37 bits per heavy atom. The van der Waals surface area contributed by atoms with E-state index >= 15 is 0 Å². The third-order valence-corrected chi connectivity index (χ3v) is 3.46. The van der Waals surface area contributed by atoms with E-state index < -0.39 is 17.2 Å². The molecule has 0 atom stereocenters. The van der Waals surface area contributed by atoms with Crippen LogP contribution in [0.1, 0.15) is 24.0 Å². The van der Waals surface area contributed by atoms with Gasteiger partial charge in [0, 0.05) is 7.05 Å². The smallest absolute Gasteiger partial charge is 0.275 e. The van der Waals surface area contributed by atoms with Crippen molar-refractivity contribution >= 4 is 5.91 Å². The van der Waals surface area contributed by atoms with Crippen molar-refractivity contribution in [2.45, 2.75) is 24.4 Å².